The van der Waals surface area contributed by atoms with Gasteiger partial charge in [-0.15, -0.1) is 0 Å². The van der Waals surface area contributed by atoms with Crippen molar-refractivity contribution >= 4 is 5.97 Å². The van der Waals surface area contributed by atoms with E-state index in [2.05, 4.69) is 20.8 Å². The van der Waals surface area contributed by atoms with E-state index in [9.17, 15) is 4.79 Å². The van der Waals surface area contributed by atoms with Gasteiger partial charge < -0.3 is 4.74 Å². The molecule has 1 radical (unpaired) electrons. The van der Waals surface area contributed by atoms with Crippen LogP contribution in [0, 0.1) is 11.3 Å². The van der Waals surface area contributed by atoms with Crippen molar-refractivity contribution in [3.05, 3.63) is 5.92 Å². The summed E-state index contributed by atoms with van der Waals surface area (Å²) in [6, 6.07) is 0. The van der Waals surface area contributed by atoms with Crippen molar-refractivity contribution in [1.82, 2.24) is 0 Å². The fraction of sp³-hybridized carbons (Fsp3) is 0.833. The fourth-order valence-electron chi connectivity index (χ4n) is 0.616. The Kier molecular flexibility index (Phi) is 7.42. The number of hydrogen-bond donors (Lipinski definition) is 0. The molecule has 0 fully saturated rings. The topological polar surface area (TPSA) is 26.3 Å². The van der Waals surface area contributed by atoms with Crippen LogP contribution in [-0.4, -0.2) is 11.6 Å². The molecular formula is C12H23O2Y-. The summed E-state index contributed by atoms with van der Waals surface area (Å²) in [5.41, 5.74) is -0.475. The maximum absolute atomic E-state index is 11.6. The molecule has 0 aliphatic heterocycles. The van der Waals surface area contributed by atoms with Crippen LogP contribution < -0.4 is 0 Å². The van der Waals surface area contributed by atoms with E-state index >= 15 is 0 Å². The Morgan fingerprint density at radius 2 is 1.60 bits per heavy atom. The van der Waals surface area contributed by atoms with E-state index in [-0.39, 0.29) is 44.1 Å². The third-order valence-corrected chi connectivity index (χ3v) is 3.03. The van der Waals surface area contributed by atoms with Crippen LogP contribution in [0.15, 0.2) is 0 Å². The van der Waals surface area contributed by atoms with Gasteiger partial charge >= 0.3 is 0 Å². The molecule has 0 rings (SSSR count). The van der Waals surface area contributed by atoms with Crippen LogP contribution in [0.2, 0.25) is 0 Å². The number of carbonyl (C=O) groups excluding carboxylic acids is 1. The second-order valence-corrected chi connectivity index (χ2v) is 5.28. The zero-order valence-electron chi connectivity index (χ0n) is 11.1. The summed E-state index contributed by atoms with van der Waals surface area (Å²) in [6.07, 6.45) is 0.749. The predicted octanol–water partition coefficient (Wildman–Crippen LogP) is 3.36. The van der Waals surface area contributed by atoms with E-state index in [4.69, 9.17) is 4.74 Å². The van der Waals surface area contributed by atoms with E-state index in [1.54, 1.807) is 0 Å². The van der Waals surface area contributed by atoms with Crippen LogP contribution in [-0.2, 0) is 42.2 Å². The van der Waals surface area contributed by atoms with E-state index in [0.717, 1.165) is 12.3 Å². The second-order valence-electron chi connectivity index (χ2n) is 5.28. The zero-order chi connectivity index (χ0) is 11.6. The first-order valence-electron chi connectivity index (χ1n) is 5.17. The minimum absolute atomic E-state index is 0. The quantitative estimate of drug-likeness (QED) is 0.588. The molecule has 0 heterocycles. The van der Waals surface area contributed by atoms with Crippen LogP contribution in [0.5, 0.6) is 0 Å². The molecule has 0 N–H and O–H groups in total. The minimum atomic E-state index is -0.430. The molecule has 0 aliphatic carbocycles. The van der Waals surface area contributed by atoms with Crippen LogP contribution >= 0.6 is 0 Å². The molecule has 0 saturated heterocycles. The maximum atomic E-state index is 11.6. The van der Waals surface area contributed by atoms with Crippen molar-refractivity contribution in [2.24, 2.45) is 5.41 Å². The molecule has 0 spiro atoms. The zero-order valence-corrected chi connectivity index (χ0v) is 13.9. The number of ether oxygens (including phenoxy) is 1. The van der Waals surface area contributed by atoms with Gasteiger partial charge in [-0.25, -0.2) is 0 Å². The van der Waals surface area contributed by atoms with Gasteiger partial charge in [0.2, 0.25) is 0 Å². The van der Waals surface area contributed by atoms with E-state index in [0.29, 0.717) is 0 Å². The Morgan fingerprint density at radius 3 is 1.87 bits per heavy atom. The second kappa shape index (κ2) is 6.25. The van der Waals surface area contributed by atoms with Gasteiger partial charge in [0.25, 0.3) is 0 Å². The number of hydrogen-bond acceptors (Lipinski definition) is 2. The van der Waals surface area contributed by atoms with E-state index in [1.807, 2.05) is 27.7 Å². The summed E-state index contributed by atoms with van der Waals surface area (Å²) in [6.45, 7) is 13.9. The molecule has 0 saturated carbocycles. The molecule has 0 aromatic rings. The van der Waals surface area contributed by atoms with Crippen molar-refractivity contribution < 1.29 is 42.2 Å². The molecule has 2 nitrogen and oxygen atoms in total. The molecule has 0 aromatic carbocycles. The summed E-state index contributed by atoms with van der Waals surface area (Å²) in [7, 11) is 0. The van der Waals surface area contributed by atoms with Crippen LogP contribution in [0.3, 0.4) is 0 Å². The summed E-state index contributed by atoms with van der Waals surface area (Å²) >= 11 is 0. The number of esters is 1. The van der Waals surface area contributed by atoms with Crippen molar-refractivity contribution in [1.29, 1.82) is 0 Å². The van der Waals surface area contributed by atoms with Gasteiger partial charge in [-0.2, -0.15) is 13.3 Å². The SMILES string of the molecule is CC[C-](C)C(=O)OC(C)(C)C(C)(C)C.[Y]. The van der Waals surface area contributed by atoms with Crippen LogP contribution in [0.4, 0.5) is 0 Å². The molecular weight excluding hydrogens is 265 g/mol. The summed E-state index contributed by atoms with van der Waals surface area (Å²) in [5, 5.41) is 0. The van der Waals surface area contributed by atoms with Gasteiger partial charge in [0.05, 0.1) is 0 Å². The van der Waals surface area contributed by atoms with Gasteiger partial charge in [-0.05, 0) is 13.8 Å². The average molecular weight is 288 g/mol. The third kappa shape index (κ3) is 5.35. The first kappa shape index (κ1) is 17.8. The molecule has 87 valence electrons. The van der Waals surface area contributed by atoms with E-state index < -0.39 is 5.60 Å². The van der Waals surface area contributed by atoms with Gasteiger partial charge in [0, 0.05) is 38.1 Å². The monoisotopic (exact) mass is 288 g/mol. The third-order valence-electron chi connectivity index (χ3n) is 3.03. The molecule has 15 heavy (non-hydrogen) atoms. The fourth-order valence-corrected chi connectivity index (χ4v) is 0.616. The smallest absolute Gasteiger partial charge is 0.170 e. The van der Waals surface area contributed by atoms with E-state index in [1.165, 1.54) is 0 Å². The number of rotatable bonds is 3. The first-order chi connectivity index (χ1) is 6.12. The standard InChI is InChI=1S/C12H23O2.Y/c1-8-9(2)10(13)14-12(6,7)11(3,4)5;/h8H2,1-7H3;/q-1;. The van der Waals surface area contributed by atoms with Crippen molar-refractivity contribution in [3.63, 3.8) is 0 Å². The van der Waals surface area contributed by atoms with Gasteiger partial charge in [-0.1, -0.05) is 27.7 Å². The Labute approximate surface area is 119 Å². The Balaban J connectivity index is 0. The first-order valence-corrected chi connectivity index (χ1v) is 5.17. The largest absolute Gasteiger partial charge is 0.482 e. The molecule has 0 amide bonds. The van der Waals surface area contributed by atoms with Crippen molar-refractivity contribution in [2.75, 3.05) is 0 Å². The summed E-state index contributed by atoms with van der Waals surface area (Å²) in [5.74, 6) is 0.606. The van der Waals surface area contributed by atoms with Crippen LogP contribution in [0.1, 0.15) is 54.9 Å². The molecule has 3 heteroatoms. The van der Waals surface area contributed by atoms with Crippen LogP contribution in [0.25, 0.3) is 0 Å². The normalized spacial score (nSPS) is 11.7. The Bertz CT molecular complexity index is 204. The summed E-state index contributed by atoms with van der Waals surface area (Å²) < 4.78 is 5.48. The Hall–Kier alpha value is 0.444. The van der Waals surface area contributed by atoms with Gasteiger partial charge in [0.1, 0.15) is 5.60 Å². The molecule has 0 aliphatic rings. The van der Waals surface area contributed by atoms with Crippen molar-refractivity contribution in [3.8, 4) is 0 Å². The maximum Gasteiger partial charge on any atom is 0.170 e. The Morgan fingerprint density at radius 1 is 1.20 bits per heavy atom. The van der Waals surface area contributed by atoms with Gasteiger partial charge in [-0.3, -0.25) is 10.7 Å². The molecule has 0 aromatic heterocycles. The number of carbonyl (C=O) groups is 1. The molecule has 0 bridgehead atoms. The molecule has 0 atom stereocenters. The van der Waals surface area contributed by atoms with Gasteiger partial charge in [0.15, 0.2) is 5.97 Å². The average Bonchev–Trinajstić information content (AvgIpc) is 2.00. The molecule has 0 unspecified atom stereocenters. The summed E-state index contributed by atoms with van der Waals surface area (Å²) in [4.78, 5) is 11.6. The minimum Gasteiger partial charge on any atom is -0.482 e. The van der Waals surface area contributed by atoms with Crippen molar-refractivity contribution in [2.45, 2.75) is 60.5 Å². The predicted molar refractivity (Wildman–Crippen MR) is 58.8 cm³/mol.